The molecule has 0 aromatic heterocycles. The molecule has 0 aliphatic carbocycles. The number of aliphatic imine (C=N–C) groups is 1. The number of alkyl halides is 3. The minimum absolute atomic E-state index is 0.917. The van der Waals surface area contributed by atoms with Crippen LogP contribution in [0.2, 0.25) is 0 Å². The van der Waals surface area contributed by atoms with E-state index in [9.17, 15) is 13.2 Å². The van der Waals surface area contributed by atoms with Crippen molar-refractivity contribution >= 4 is 12.3 Å². The summed E-state index contributed by atoms with van der Waals surface area (Å²) in [5.41, 5.74) is 0. The maximum atomic E-state index is 10.5. The van der Waals surface area contributed by atoms with E-state index < -0.39 is 12.1 Å². The van der Waals surface area contributed by atoms with E-state index in [1.165, 1.54) is 0 Å². The molecular weight excluding hydrogens is 225 g/mol. The van der Waals surface area contributed by atoms with Crippen LogP contribution in [0.5, 0.6) is 0 Å². The molecule has 1 heterocycles. The maximum absolute atomic E-state index is 10.5. The first-order chi connectivity index (χ1) is 7.27. The molecular formula is C9H13F3N2O2. The van der Waals surface area contributed by atoms with Gasteiger partial charge in [0.15, 0.2) is 6.34 Å². The summed E-state index contributed by atoms with van der Waals surface area (Å²) in [6.45, 7) is 6.56. The summed E-state index contributed by atoms with van der Waals surface area (Å²) in [6.07, 6.45) is 0.785. The second-order valence-electron chi connectivity index (χ2n) is 3.08. The Kier molecular flexibility index (Phi) is 5.16. The Morgan fingerprint density at radius 3 is 1.94 bits per heavy atom. The van der Waals surface area contributed by atoms with Crippen LogP contribution in [-0.2, 0) is 4.79 Å². The molecule has 16 heavy (non-hydrogen) atoms. The molecule has 7 heteroatoms. The van der Waals surface area contributed by atoms with Crippen molar-refractivity contribution in [3.63, 3.8) is 0 Å². The number of carbonyl (C=O) groups is 1. The topological polar surface area (TPSA) is 52.5 Å². The summed E-state index contributed by atoms with van der Waals surface area (Å²) in [5.74, 6) is -3.01. The minimum atomic E-state index is -5.19. The number of carboxylic acid groups (broad SMARTS) is 1. The van der Waals surface area contributed by atoms with Crippen LogP contribution in [0, 0.1) is 0 Å². The van der Waals surface area contributed by atoms with E-state index in [0.29, 0.717) is 0 Å². The third-order valence-electron chi connectivity index (χ3n) is 2.16. The first kappa shape index (κ1) is 14.6. The molecule has 0 aromatic rings. The molecule has 4 nitrogen and oxygen atoms in total. The van der Waals surface area contributed by atoms with Gasteiger partial charge in [0.25, 0.3) is 0 Å². The van der Waals surface area contributed by atoms with E-state index in [1.807, 2.05) is 12.5 Å². The van der Waals surface area contributed by atoms with E-state index in [1.54, 1.807) is 0 Å². The molecule has 1 aliphatic heterocycles. The average Bonchev–Trinajstić information content (AvgIpc) is 2.66. The summed E-state index contributed by atoms with van der Waals surface area (Å²) in [7, 11) is 0. The number of carbonyl (C=O) groups excluding carboxylic acids is 1. The largest absolute Gasteiger partial charge is 0.542 e. The van der Waals surface area contributed by atoms with Gasteiger partial charge in [0.05, 0.1) is 19.3 Å². The van der Waals surface area contributed by atoms with Crippen LogP contribution < -0.4 is 5.11 Å². The molecule has 0 saturated carbocycles. The lowest BCUT2D eigenvalue weighted by Crippen LogP contribution is -2.38. The number of quaternary nitrogens is 1. The van der Waals surface area contributed by atoms with Crippen molar-refractivity contribution in [1.82, 2.24) is 0 Å². The highest BCUT2D eigenvalue weighted by atomic mass is 19.4. The molecule has 0 amide bonds. The lowest BCUT2D eigenvalue weighted by atomic mass is 10.4. The maximum Gasteiger partial charge on any atom is 0.430 e. The lowest BCUT2D eigenvalue weighted by Gasteiger charge is -2.23. The van der Waals surface area contributed by atoms with Gasteiger partial charge in [-0.25, -0.2) is 4.99 Å². The lowest BCUT2D eigenvalue weighted by molar-refractivity contribution is -0.774. The SMILES string of the molecule is CC[N+]1(CC)C=CN=C1.O=C([O-])C(F)(F)F. The monoisotopic (exact) mass is 238 g/mol. The Hall–Kier alpha value is -1.37. The zero-order valence-corrected chi connectivity index (χ0v) is 8.99. The quantitative estimate of drug-likeness (QED) is 0.663. The number of rotatable bonds is 2. The van der Waals surface area contributed by atoms with Crippen LogP contribution >= 0.6 is 0 Å². The Morgan fingerprint density at radius 1 is 1.38 bits per heavy atom. The van der Waals surface area contributed by atoms with Crippen LogP contribution in [0.1, 0.15) is 13.8 Å². The van der Waals surface area contributed by atoms with Crippen LogP contribution in [0.3, 0.4) is 0 Å². The minimum Gasteiger partial charge on any atom is -0.542 e. The first-order valence-electron chi connectivity index (χ1n) is 4.64. The molecule has 92 valence electrons. The van der Waals surface area contributed by atoms with Gasteiger partial charge < -0.3 is 9.90 Å². The normalized spacial score (nSPS) is 16.8. The van der Waals surface area contributed by atoms with Gasteiger partial charge in [0.2, 0.25) is 0 Å². The van der Waals surface area contributed by atoms with Crippen molar-refractivity contribution in [1.29, 1.82) is 0 Å². The third kappa shape index (κ3) is 4.43. The number of carboxylic acids is 1. The fourth-order valence-electron chi connectivity index (χ4n) is 0.979. The number of nitrogens with zero attached hydrogens (tertiary/aromatic N) is 2. The van der Waals surface area contributed by atoms with Gasteiger partial charge in [-0.1, -0.05) is 0 Å². The van der Waals surface area contributed by atoms with Gasteiger partial charge in [-0.05, 0) is 13.8 Å². The molecule has 0 bridgehead atoms. The predicted molar refractivity (Wildman–Crippen MR) is 50.0 cm³/mol. The van der Waals surface area contributed by atoms with Gasteiger partial charge in [0.1, 0.15) is 12.2 Å². The van der Waals surface area contributed by atoms with E-state index in [2.05, 4.69) is 25.0 Å². The third-order valence-corrected chi connectivity index (χ3v) is 2.16. The van der Waals surface area contributed by atoms with Crippen LogP contribution in [0.25, 0.3) is 0 Å². The van der Waals surface area contributed by atoms with Crippen molar-refractivity contribution in [3.8, 4) is 0 Å². The van der Waals surface area contributed by atoms with Crippen molar-refractivity contribution in [2.75, 3.05) is 13.1 Å². The second kappa shape index (κ2) is 5.64. The van der Waals surface area contributed by atoms with Crippen molar-refractivity contribution in [2.24, 2.45) is 4.99 Å². The molecule has 0 spiro atoms. The molecule has 0 unspecified atom stereocenters. The van der Waals surface area contributed by atoms with Gasteiger partial charge in [-0.15, -0.1) is 0 Å². The van der Waals surface area contributed by atoms with E-state index in [-0.39, 0.29) is 0 Å². The summed E-state index contributed by atoms with van der Waals surface area (Å²) in [6, 6.07) is 0. The van der Waals surface area contributed by atoms with E-state index >= 15 is 0 Å². The molecule has 0 N–H and O–H groups in total. The Balaban J connectivity index is 0.000000293. The highest BCUT2D eigenvalue weighted by molar-refractivity contribution is 5.70. The Morgan fingerprint density at radius 2 is 1.81 bits per heavy atom. The second-order valence-corrected chi connectivity index (χ2v) is 3.08. The van der Waals surface area contributed by atoms with E-state index in [4.69, 9.17) is 9.90 Å². The molecule has 0 atom stereocenters. The van der Waals surface area contributed by atoms with Crippen LogP contribution in [0.15, 0.2) is 17.4 Å². The van der Waals surface area contributed by atoms with Crippen LogP contribution in [0.4, 0.5) is 13.2 Å². The van der Waals surface area contributed by atoms with Gasteiger partial charge in [0, 0.05) is 0 Å². The molecule has 1 aliphatic rings. The summed E-state index contributed by atoms with van der Waals surface area (Å²) in [5, 5.41) is 8.78. The first-order valence-corrected chi connectivity index (χ1v) is 4.64. The van der Waals surface area contributed by atoms with Crippen molar-refractivity contribution in [2.45, 2.75) is 20.0 Å². The summed E-state index contributed by atoms with van der Waals surface area (Å²) in [4.78, 5) is 12.8. The van der Waals surface area contributed by atoms with Gasteiger partial charge in [-0.3, -0.25) is 4.48 Å². The van der Waals surface area contributed by atoms with E-state index in [0.717, 1.165) is 17.6 Å². The highest BCUT2D eigenvalue weighted by Gasteiger charge is 2.28. The zero-order valence-electron chi connectivity index (χ0n) is 8.99. The molecule has 0 saturated heterocycles. The summed E-state index contributed by atoms with van der Waals surface area (Å²) < 4.78 is 32.5. The van der Waals surface area contributed by atoms with Crippen molar-refractivity contribution in [3.05, 3.63) is 12.4 Å². The predicted octanol–water partition coefficient (Wildman–Crippen LogP) is 0.655. The highest BCUT2D eigenvalue weighted by Crippen LogP contribution is 2.11. The number of aliphatic carboxylic acids is 1. The average molecular weight is 238 g/mol. The number of hydrogen-bond donors (Lipinski definition) is 0. The number of hydrogen-bond acceptors (Lipinski definition) is 3. The Bertz CT molecular complexity index is 280. The van der Waals surface area contributed by atoms with Gasteiger partial charge >= 0.3 is 6.18 Å². The van der Waals surface area contributed by atoms with Crippen molar-refractivity contribution < 1.29 is 27.6 Å². The summed E-state index contributed by atoms with van der Waals surface area (Å²) >= 11 is 0. The molecule has 1 rings (SSSR count). The number of halogens is 3. The molecule has 0 radical (unpaired) electrons. The Labute approximate surface area is 91.3 Å². The standard InChI is InChI=1S/C7H13N2.C2HF3O2/c1-3-9(4-2)6-5-8-7-9;3-2(4,5)1(6)7/h5-7H,3-4H2,1-2H3;(H,6,7)/q+1;/p-1. The molecule has 0 fully saturated rings. The zero-order chi connectivity index (χ0) is 12.8. The smallest absolute Gasteiger partial charge is 0.430 e. The van der Waals surface area contributed by atoms with Gasteiger partial charge in [-0.2, -0.15) is 13.2 Å². The fraction of sp³-hybridized carbons (Fsp3) is 0.556. The van der Waals surface area contributed by atoms with Crippen LogP contribution in [-0.4, -0.2) is 36.1 Å². The molecule has 0 aromatic carbocycles. The fourth-order valence-corrected chi connectivity index (χ4v) is 0.979.